The monoisotopic (exact) mass is 603 g/mol. The third-order valence-electron chi connectivity index (χ3n) is 4.91. The Balaban J connectivity index is 0.00000210. The Morgan fingerprint density at radius 3 is 2.07 bits per heavy atom. The van der Waals surface area contributed by atoms with Gasteiger partial charge in [0, 0.05) is 7.05 Å². The molecule has 0 saturated carbocycles. The second kappa shape index (κ2) is 18.4. The molecule has 3 aromatic rings. The zero-order valence-corrected chi connectivity index (χ0v) is 28.2. The van der Waals surface area contributed by atoms with Gasteiger partial charge in [-0.3, -0.25) is 9.69 Å². The molecule has 0 radical (unpaired) electrons. The summed E-state index contributed by atoms with van der Waals surface area (Å²) in [5.41, 5.74) is 3.17. The Kier molecular flexibility index (Phi) is 17.1. The van der Waals surface area contributed by atoms with E-state index in [-0.39, 0.29) is 27.6 Å². The third kappa shape index (κ3) is 13.5. The lowest BCUT2D eigenvalue weighted by Gasteiger charge is -2.14. The van der Waals surface area contributed by atoms with Crippen molar-refractivity contribution in [1.29, 1.82) is 0 Å². The van der Waals surface area contributed by atoms with Crippen LogP contribution in [0, 0.1) is 12.3 Å². The normalized spacial score (nSPS) is 10.8. The summed E-state index contributed by atoms with van der Waals surface area (Å²) in [4.78, 5) is 18.3. The highest BCUT2D eigenvalue weighted by Gasteiger charge is 2.22. The maximum absolute atomic E-state index is 12.7. The highest BCUT2D eigenvalue weighted by atomic mass is 32.2. The number of benzene rings is 2. The molecule has 0 aliphatic carbocycles. The zero-order valence-electron chi connectivity index (χ0n) is 26.6. The van der Waals surface area contributed by atoms with Crippen molar-refractivity contribution in [1.82, 2.24) is 4.98 Å². The van der Waals surface area contributed by atoms with Crippen LogP contribution in [0.3, 0.4) is 0 Å². The largest absolute Gasteiger partial charge is 0.465 e. The Labute approximate surface area is 252 Å². The standard InChI is InChI=1S/C25H29N3O4S2.C3H8.2C2H6/c1-17-23(34(26,30)31)33-24(27-17)28(5)22(29)15-18-9-11-19(12-10-18)20-7-6-8-21(16-20)32-14-13-25(2,3)4;1-3-2;2*1-2/h6-14,16H,15H2,1-5H3,(H2,26,30,31);3H2,1-2H3;2*1-2H3/b14-13+;;;. The van der Waals surface area contributed by atoms with Crippen LogP contribution in [0.15, 0.2) is 65.1 Å². The maximum Gasteiger partial charge on any atom is 0.249 e. The number of sulfonamides is 1. The maximum atomic E-state index is 12.7. The van der Waals surface area contributed by atoms with Crippen molar-refractivity contribution in [3.63, 3.8) is 0 Å². The number of rotatable bonds is 7. The molecule has 0 aliphatic heterocycles. The van der Waals surface area contributed by atoms with E-state index in [1.807, 2.05) is 82.3 Å². The number of amides is 1. The van der Waals surface area contributed by atoms with E-state index < -0.39 is 10.0 Å². The first kappa shape index (κ1) is 38.0. The molecule has 0 bridgehead atoms. The molecule has 9 heteroatoms. The Morgan fingerprint density at radius 2 is 1.59 bits per heavy atom. The lowest BCUT2D eigenvalue weighted by Crippen LogP contribution is -2.27. The first-order valence-corrected chi connectivity index (χ1v) is 16.4. The van der Waals surface area contributed by atoms with E-state index in [2.05, 4.69) is 39.6 Å². The van der Waals surface area contributed by atoms with Crippen molar-refractivity contribution < 1.29 is 17.9 Å². The molecule has 1 heterocycles. The zero-order chi connectivity index (χ0) is 31.8. The van der Waals surface area contributed by atoms with Crippen molar-refractivity contribution in [2.24, 2.45) is 10.6 Å². The summed E-state index contributed by atoms with van der Waals surface area (Å²) in [6.07, 6.45) is 5.12. The molecule has 1 amide bonds. The number of anilines is 1. The number of nitrogens with zero attached hydrogens (tertiary/aromatic N) is 2. The molecule has 0 saturated heterocycles. The minimum absolute atomic E-state index is 0.0355. The van der Waals surface area contributed by atoms with Crippen LogP contribution in [0.25, 0.3) is 11.1 Å². The van der Waals surface area contributed by atoms with Gasteiger partial charge in [0.05, 0.1) is 18.4 Å². The fourth-order valence-corrected chi connectivity index (χ4v) is 4.98. The van der Waals surface area contributed by atoms with E-state index >= 15 is 0 Å². The number of allylic oxidation sites excluding steroid dienone is 1. The second-order valence-corrected chi connectivity index (χ2v) is 12.5. The van der Waals surface area contributed by atoms with Crippen molar-refractivity contribution >= 4 is 32.4 Å². The van der Waals surface area contributed by atoms with Gasteiger partial charge in [0.1, 0.15) is 5.75 Å². The highest BCUT2D eigenvalue weighted by Crippen LogP contribution is 2.29. The lowest BCUT2D eigenvalue weighted by atomic mass is 9.97. The van der Waals surface area contributed by atoms with Gasteiger partial charge >= 0.3 is 0 Å². The number of ether oxygens (including phenoxy) is 1. The summed E-state index contributed by atoms with van der Waals surface area (Å²) in [5, 5.41) is 5.50. The minimum atomic E-state index is -3.87. The van der Waals surface area contributed by atoms with E-state index in [4.69, 9.17) is 9.88 Å². The van der Waals surface area contributed by atoms with Crippen LogP contribution in [0.1, 0.15) is 80.0 Å². The number of primary sulfonamides is 1. The molecule has 2 N–H and O–H groups in total. The van der Waals surface area contributed by atoms with Gasteiger partial charge in [-0.2, -0.15) is 0 Å². The SMILES string of the molecule is CC.CC.CCC.Cc1nc(N(C)C(=O)Cc2ccc(-c3cccc(O/C=C/C(C)(C)C)c3)cc2)sc1S(N)(=O)=O. The Morgan fingerprint density at radius 1 is 1.02 bits per heavy atom. The second-order valence-electron chi connectivity index (χ2n) is 9.76. The molecule has 1 aromatic heterocycles. The summed E-state index contributed by atoms with van der Waals surface area (Å²) in [6, 6.07) is 15.5. The number of aryl methyl sites for hydroxylation is 1. The molecule has 41 heavy (non-hydrogen) atoms. The van der Waals surface area contributed by atoms with Crippen LogP contribution < -0.4 is 14.8 Å². The molecular weight excluding hydrogens is 555 g/mol. The molecule has 7 nitrogen and oxygen atoms in total. The van der Waals surface area contributed by atoms with Gasteiger partial charge in [-0.25, -0.2) is 18.5 Å². The number of thiazole rings is 1. The number of hydrogen-bond donors (Lipinski definition) is 1. The molecule has 0 fully saturated rings. The van der Waals surface area contributed by atoms with Gasteiger partial charge in [0.2, 0.25) is 15.9 Å². The van der Waals surface area contributed by atoms with Crippen molar-refractivity contribution in [3.8, 4) is 16.9 Å². The summed E-state index contributed by atoms with van der Waals surface area (Å²) in [5.74, 6) is 0.542. The van der Waals surface area contributed by atoms with Crippen LogP contribution in [-0.4, -0.2) is 26.4 Å². The van der Waals surface area contributed by atoms with E-state index in [0.29, 0.717) is 5.13 Å². The van der Waals surface area contributed by atoms with Gasteiger partial charge in [0.25, 0.3) is 0 Å². The van der Waals surface area contributed by atoms with Crippen molar-refractivity contribution in [2.45, 2.75) is 86.3 Å². The lowest BCUT2D eigenvalue weighted by molar-refractivity contribution is -0.117. The smallest absolute Gasteiger partial charge is 0.249 e. The van der Waals surface area contributed by atoms with E-state index in [0.717, 1.165) is 33.8 Å². The summed E-state index contributed by atoms with van der Waals surface area (Å²) in [6.45, 7) is 20.1. The number of hydrogen-bond acceptors (Lipinski definition) is 6. The first-order valence-electron chi connectivity index (χ1n) is 14.1. The van der Waals surface area contributed by atoms with Crippen LogP contribution in [0.5, 0.6) is 5.75 Å². The van der Waals surface area contributed by atoms with Gasteiger partial charge in [0.15, 0.2) is 9.34 Å². The van der Waals surface area contributed by atoms with E-state index in [1.54, 1.807) is 20.2 Å². The van der Waals surface area contributed by atoms with E-state index in [1.165, 1.54) is 11.3 Å². The van der Waals surface area contributed by atoms with E-state index in [9.17, 15) is 13.2 Å². The fourth-order valence-electron chi connectivity index (χ4n) is 3.06. The van der Waals surface area contributed by atoms with Crippen LogP contribution in [-0.2, 0) is 21.2 Å². The van der Waals surface area contributed by atoms with Crippen molar-refractivity contribution in [2.75, 3.05) is 11.9 Å². The van der Waals surface area contributed by atoms with Crippen LogP contribution in [0.2, 0.25) is 0 Å². The van der Waals surface area contributed by atoms with Gasteiger partial charge < -0.3 is 4.74 Å². The third-order valence-corrected chi connectivity index (χ3v) is 7.70. The molecule has 228 valence electrons. The molecule has 0 unspecified atom stereocenters. The molecular formula is C32H49N3O4S2. The van der Waals surface area contributed by atoms with Gasteiger partial charge in [-0.15, -0.1) is 0 Å². The average Bonchev–Trinajstić information content (AvgIpc) is 3.33. The van der Waals surface area contributed by atoms with Crippen LogP contribution >= 0.6 is 11.3 Å². The summed E-state index contributed by atoms with van der Waals surface area (Å²) >= 11 is 0.886. The quantitative estimate of drug-likeness (QED) is 0.273. The molecule has 0 aliphatic rings. The molecule has 0 spiro atoms. The topological polar surface area (TPSA) is 103 Å². The predicted octanol–water partition coefficient (Wildman–Crippen LogP) is 8.38. The molecule has 0 atom stereocenters. The van der Waals surface area contributed by atoms with Crippen LogP contribution in [0.4, 0.5) is 5.13 Å². The molecule has 3 rings (SSSR count). The molecule has 2 aromatic carbocycles. The number of nitrogens with two attached hydrogens (primary N) is 1. The summed E-state index contributed by atoms with van der Waals surface area (Å²) in [7, 11) is -2.30. The number of carbonyl (C=O) groups is 1. The number of carbonyl (C=O) groups excluding carboxylic acids is 1. The van der Waals surface area contributed by atoms with Crippen molar-refractivity contribution in [3.05, 3.63) is 72.1 Å². The average molecular weight is 604 g/mol. The Bertz CT molecular complexity index is 1320. The summed E-state index contributed by atoms with van der Waals surface area (Å²) < 4.78 is 29.0. The van der Waals surface area contributed by atoms with Gasteiger partial charge in [-0.05, 0) is 47.2 Å². The predicted molar refractivity (Wildman–Crippen MR) is 175 cm³/mol. The Hall–Kier alpha value is -3.01. The number of aromatic nitrogens is 1. The minimum Gasteiger partial charge on any atom is -0.465 e. The fraction of sp³-hybridized carbons (Fsp3) is 0.438. The highest BCUT2D eigenvalue weighted by molar-refractivity contribution is 7.91. The number of likely N-dealkylation sites (N-methyl/N-ethyl adjacent to an activating group) is 1. The first-order chi connectivity index (χ1) is 19.2. The van der Waals surface area contributed by atoms with Gasteiger partial charge in [-0.1, -0.05) is 116 Å².